The molecule has 0 aliphatic carbocycles. The van der Waals surface area contributed by atoms with E-state index in [4.69, 9.17) is 0 Å². The molecule has 2 nitrogen and oxygen atoms in total. The van der Waals surface area contributed by atoms with Gasteiger partial charge in [-0.15, -0.1) is 0 Å². The van der Waals surface area contributed by atoms with Crippen molar-refractivity contribution in [1.82, 2.24) is 10.4 Å². The Bertz CT molecular complexity index is 81.7. The first-order chi connectivity index (χ1) is 4.93. The smallest absolute Gasteiger partial charge is 0.0222 e. The van der Waals surface area contributed by atoms with E-state index >= 15 is 0 Å². The van der Waals surface area contributed by atoms with E-state index in [1.54, 1.807) is 0 Å². The van der Waals surface area contributed by atoms with E-state index in [0.29, 0.717) is 0 Å². The highest BCUT2D eigenvalue weighted by Gasteiger charge is 2.07. The Labute approximate surface area is 67.3 Å². The maximum Gasteiger partial charge on any atom is 0.0222 e. The van der Waals surface area contributed by atoms with E-state index in [9.17, 15) is 0 Å². The molecule has 59 valence electrons. The van der Waals surface area contributed by atoms with Gasteiger partial charge in [0.25, 0.3) is 0 Å². The maximum absolute atomic E-state index is 3.78. The van der Waals surface area contributed by atoms with Gasteiger partial charge in [0.15, 0.2) is 0 Å². The molecule has 0 atom stereocenters. The molecule has 3 heteroatoms. The summed E-state index contributed by atoms with van der Waals surface area (Å²) in [4.78, 5) is 0. The summed E-state index contributed by atoms with van der Waals surface area (Å²) >= 11 is 2.03. The van der Waals surface area contributed by atoms with Gasteiger partial charge >= 0.3 is 0 Å². The van der Waals surface area contributed by atoms with Crippen LogP contribution in [0, 0.1) is 6.92 Å². The van der Waals surface area contributed by atoms with Crippen molar-refractivity contribution in [3.05, 3.63) is 6.92 Å². The molecule has 0 spiro atoms. The first-order valence-corrected chi connectivity index (χ1v) is 4.94. The van der Waals surface area contributed by atoms with Gasteiger partial charge in [-0.05, 0) is 6.42 Å². The topological polar surface area (TPSA) is 15.3 Å². The molecule has 10 heavy (non-hydrogen) atoms. The summed E-state index contributed by atoms with van der Waals surface area (Å²) in [5.74, 6) is 2.54. The van der Waals surface area contributed by atoms with Crippen molar-refractivity contribution in [1.29, 1.82) is 0 Å². The molecule has 0 amide bonds. The summed E-state index contributed by atoms with van der Waals surface area (Å²) in [6.45, 7) is 7.16. The Kier molecular flexibility index (Phi) is 4.18. The molecule has 0 aromatic carbocycles. The Morgan fingerprint density at radius 3 is 2.70 bits per heavy atom. The highest BCUT2D eigenvalue weighted by Crippen LogP contribution is 2.06. The van der Waals surface area contributed by atoms with E-state index in [0.717, 1.165) is 13.0 Å². The number of rotatable bonds is 3. The second kappa shape index (κ2) is 4.99. The zero-order valence-electron chi connectivity index (χ0n) is 6.31. The van der Waals surface area contributed by atoms with Crippen LogP contribution in [0.4, 0.5) is 0 Å². The van der Waals surface area contributed by atoms with E-state index in [1.807, 2.05) is 11.8 Å². The minimum Gasteiger partial charge on any atom is -0.255 e. The molecule has 1 heterocycles. The summed E-state index contributed by atoms with van der Waals surface area (Å²) in [6, 6.07) is 0. The SMILES string of the molecule is [CH2]CCNN1CCSCC1. The molecular formula is C7H15N2S. The number of hydrogen-bond donors (Lipinski definition) is 1. The second-order valence-electron chi connectivity index (χ2n) is 2.36. The second-order valence-corrected chi connectivity index (χ2v) is 3.59. The minimum absolute atomic E-state index is 0.976. The first kappa shape index (κ1) is 8.37. The van der Waals surface area contributed by atoms with Crippen LogP contribution in [0.3, 0.4) is 0 Å². The summed E-state index contributed by atoms with van der Waals surface area (Å²) in [7, 11) is 0. The molecule has 1 rings (SSSR count). The molecule has 0 unspecified atom stereocenters. The van der Waals surface area contributed by atoms with Crippen molar-refractivity contribution < 1.29 is 0 Å². The summed E-state index contributed by atoms with van der Waals surface area (Å²) in [6.07, 6.45) is 0.976. The summed E-state index contributed by atoms with van der Waals surface area (Å²) < 4.78 is 0. The number of thioether (sulfide) groups is 1. The average Bonchev–Trinajstić information content (AvgIpc) is 2.03. The fourth-order valence-corrected chi connectivity index (χ4v) is 1.86. The molecule has 0 bridgehead atoms. The van der Waals surface area contributed by atoms with Gasteiger partial charge in [0, 0.05) is 31.1 Å². The van der Waals surface area contributed by atoms with Crippen LogP contribution < -0.4 is 5.43 Å². The maximum atomic E-state index is 3.78. The van der Waals surface area contributed by atoms with Gasteiger partial charge in [0.2, 0.25) is 0 Å². The Morgan fingerprint density at radius 1 is 1.40 bits per heavy atom. The predicted octanol–water partition coefficient (Wildman–Crippen LogP) is 0.764. The average molecular weight is 159 g/mol. The van der Waals surface area contributed by atoms with Gasteiger partial charge in [0.1, 0.15) is 0 Å². The van der Waals surface area contributed by atoms with Crippen LogP contribution in [-0.4, -0.2) is 36.1 Å². The van der Waals surface area contributed by atoms with Crippen molar-refractivity contribution in [2.24, 2.45) is 0 Å². The highest BCUT2D eigenvalue weighted by atomic mass is 32.2. The van der Waals surface area contributed by atoms with Gasteiger partial charge in [-0.2, -0.15) is 11.8 Å². The standard InChI is InChI=1S/C7H15N2S/c1-2-3-8-9-4-6-10-7-5-9/h8H,1-7H2. The van der Waals surface area contributed by atoms with Gasteiger partial charge in [-0.3, -0.25) is 5.43 Å². The third kappa shape index (κ3) is 2.90. The van der Waals surface area contributed by atoms with Crippen molar-refractivity contribution in [3.63, 3.8) is 0 Å². The van der Waals surface area contributed by atoms with Crippen LogP contribution in [0.25, 0.3) is 0 Å². The molecule has 1 N–H and O–H groups in total. The van der Waals surface area contributed by atoms with Crippen molar-refractivity contribution in [3.8, 4) is 0 Å². The van der Waals surface area contributed by atoms with Crippen LogP contribution in [-0.2, 0) is 0 Å². The van der Waals surface area contributed by atoms with Crippen LogP contribution >= 0.6 is 11.8 Å². The fourth-order valence-electron chi connectivity index (χ4n) is 0.959. The normalized spacial score (nSPS) is 21.3. The quantitative estimate of drug-likeness (QED) is 0.654. The summed E-state index contributed by atoms with van der Waals surface area (Å²) in [5.41, 5.74) is 3.33. The summed E-state index contributed by atoms with van der Waals surface area (Å²) in [5, 5.41) is 2.29. The lowest BCUT2D eigenvalue weighted by atomic mass is 10.5. The van der Waals surface area contributed by atoms with E-state index in [-0.39, 0.29) is 0 Å². The molecular weight excluding hydrogens is 144 g/mol. The number of nitrogens with zero attached hydrogens (tertiary/aromatic N) is 1. The number of hydrazine groups is 1. The van der Waals surface area contributed by atoms with Crippen LogP contribution in [0.15, 0.2) is 0 Å². The Hall–Kier alpha value is 0.270. The lowest BCUT2D eigenvalue weighted by Crippen LogP contribution is -2.43. The van der Waals surface area contributed by atoms with Crippen LogP contribution in [0.1, 0.15) is 6.42 Å². The first-order valence-electron chi connectivity index (χ1n) is 3.79. The third-order valence-corrected chi connectivity index (χ3v) is 2.47. The molecule has 1 saturated heterocycles. The molecule has 0 saturated carbocycles. The third-order valence-electron chi connectivity index (χ3n) is 1.52. The van der Waals surface area contributed by atoms with E-state index in [2.05, 4.69) is 17.4 Å². The molecule has 1 radical (unpaired) electrons. The molecule has 1 aliphatic rings. The monoisotopic (exact) mass is 159 g/mol. The molecule has 0 aromatic heterocycles. The van der Waals surface area contributed by atoms with Gasteiger partial charge in [0.05, 0.1) is 0 Å². The van der Waals surface area contributed by atoms with Crippen LogP contribution in [0.5, 0.6) is 0 Å². The lowest BCUT2D eigenvalue weighted by molar-refractivity contribution is 0.210. The number of hydrogen-bond acceptors (Lipinski definition) is 3. The van der Waals surface area contributed by atoms with Crippen LogP contribution in [0.2, 0.25) is 0 Å². The van der Waals surface area contributed by atoms with Crippen molar-refractivity contribution in [2.75, 3.05) is 31.1 Å². The predicted molar refractivity (Wildman–Crippen MR) is 46.9 cm³/mol. The number of nitrogens with one attached hydrogen (secondary N) is 1. The van der Waals surface area contributed by atoms with Gasteiger partial charge in [-0.1, -0.05) is 6.92 Å². The zero-order valence-corrected chi connectivity index (χ0v) is 7.12. The van der Waals surface area contributed by atoms with Crippen molar-refractivity contribution in [2.45, 2.75) is 6.42 Å². The molecule has 1 fully saturated rings. The van der Waals surface area contributed by atoms with E-state index < -0.39 is 0 Å². The Morgan fingerprint density at radius 2 is 2.10 bits per heavy atom. The minimum atomic E-state index is 0.976. The van der Waals surface area contributed by atoms with Gasteiger partial charge in [-0.25, -0.2) is 5.01 Å². The Balaban J connectivity index is 2.02. The molecule has 0 aromatic rings. The lowest BCUT2D eigenvalue weighted by Gasteiger charge is -2.26. The zero-order chi connectivity index (χ0) is 7.23. The van der Waals surface area contributed by atoms with E-state index in [1.165, 1.54) is 24.6 Å². The fraction of sp³-hybridized carbons (Fsp3) is 0.857. The van der Waals surface area contributed by atoms with Crippen molar-refractivity contribution >= 4 is 11.8 Å². The largest absolute Gasteiger partial charge is 0.255 e. The van der Waals surface area contributed by atoms with Gasteiger partial charge < -0.3 is 0 Å². The highest BCUT2D eigenvalue weighted by molar-refractivity contribution is 7.99. The molecule has 1 aliphatic heterocycles.